The van der Waals surface area contributed by atoms with E-state index in [4.69, 9.17) is 4.74 Å². The number of hydrogen-bond acceptors (Lipinski definition) is 5. The summed E-state index contributed by atoms with van der Waals surface area (Å²) in [6, 6.07) is 6.29. The van der Waals surface area contributed by atoms with Crippen molar-refractivity contribution in [1.82, 2.24) is 10.3 Å². The average Bonchev–Trinajstić information content (AvgIpc) is 3.79. The number of anilines is 1. The Labute approximate surface area is 292 Å². The molecule has 1 aliphatic heterocycles. The van der Waals surface area contributed by atoms with Crippen molar-refractivity contribution in [3.05, 3.63) is 52.3 Å². The molecule has 1 radical (unpaired) electrons. The molecule has 2 saturated carbocycles. The zero-order chi connectivity index (χ0) is 35.7. The van der Waals surface area contributed by atoms with Gasteiger partial charge in [-0.2, -0.15) is 13.2 Å². The number of nitrogens with zero attached hydrogens (tertiary/aromatic N) is 1. The topological polar surface area (TPSA) is 80.3 Å². The maximum atomic E-state index is 13.0. The van der Waals surface area contributed by atoms with Crippen LogP contribution < -0.4 is 15.4 Å². The summed E-state index contributed by atoms with van der Waals surface area (Å²) in [5.74, 6) is 3.31. The lowest BCUT2D eigenvalue weighted by molar-refractivity contribution is -0.140. The molecule has 267 valence electrons. The third kappa shape index (κ3) is 9.98. The molecule has 2 N–H and O–H groups in total. The lowest BCUT2D eigenvalue weighted by Crippen LogP contribution is -2.43. The van der Waals surface area contributed by atoms with Crippen LogP contribution in [0.25, 0.3) is 10.2 Å². The highest BCUT2D eigenvalue weighted by Gasteiger charge is 2.46. The van der Waals surface area contributed by atoms with Crippen LogP contribution in [0.15, 0.2) is 30.3 Å². The van der Waals surface area contributed by atoms with Gasteiger partial charge in [-0.05, 0) is 92.5 Å². The van der Waals surface area contributed by atoms with Gasteiger partial charge in [0.15, 0.2) is 0 Å². The maximum absolute atomic E-state index is 13.0. The second-order valence-electron chi connectivity index (χ2n) is 13.6. The fourth-order valence-electron chi connectivity index (χ4n) is 7.72. The standard InChI is InChI=1S/C18H22N2O2S.C11H22B.C8H5F4NO/c1-9-11-4-5-12(8-11)16(9)20-18(21)15-14(22-3)7-6-13-17(15)23-10(2)19-13;1-3-5-6-11-7-10(4-2)8-12-9-11;9-7-2-1-5(13-4-14)3-6(7)8(10,11)12/h6-7,9,11-12,16H,4-5,8H2,1-3H3,(H,20,21);10-11H,3-9H2,1-2H3;1-4H,(H,13,14)/t9?,11-,12?,16?;;/m1../s1. The molecule has 3 aromatic rings. The Morgan fingerprint density at radius 1 is 1.10 bits per heavy atom. The van der Waals surface area contributed by atoms with Crippen molar-refractivity contribution in [2.75, 3.05) is 12.4 Å². The Kier molecular flexibility index (Phi) is 13.9. The van der Waals surface area contributed by atoms with E-state index in [1.54, 1.807) is 18.4 Å². The molecule has 6 nitrogen and oxygen atoms in total. The summed E-state index contributed by atoms with van der Waals surface area (Å²) in [6.07, 6.45) is 9.27. The molecule has 3 fully saturated rings. The smallest absolute Gasteiger partial charge is 0.419 e. The SMILES string of the molecule is CCCCC1C[B]CC(CC)C1.COc1ccc2nc(C)sc2c1C(=O)NC1C2CC[C@H](C2)C1C.O=CNc1ccc(F)c(C(F)(F)F)c1. The van der Waals surface area contributed by atoms with Crippen molar-refractivity contribution in [3.63, 3.8) is 0 Å². The fraction of sp³-hybridized carbons (Fsp3) is 0.595. The number of alkyl halides is 3. The number of carbonyl (C=O) groups excluding carboxylic acids is 2. The van der Waals surface area contributed by atoms with Gasteiger partial charge in [0.05, 0.1) is 27.9 Å². The predicted octanol–water partition coefficient (Wildman–Crippen LogP) is 9.95. The number of hydrogen-bond donors (Lipinski definition) is 2. The van der Waals surface area contributed by atoms with Crippen LogP contribution in [-0.4, -0.2) is 37.7 Å². The van der Waals surface area contributed by atoms with Crippen molar-refractivity contribution in [3.8, 4) is 5.75 Å². The van der Waals surface area contributed by atoms with E-state index < -0.39 is 17.6 Å². The summed E-state index contributed by atoms with van der Waals surface area (Å²) in [7, 11) is 4.14. The molecule has 5 unspecified atom stereocenters. The first kappa shape index (κ1) is 38.7. The quantitative estimate of drug-likeness (QED) is 0.132. The number of aryl methyl sites for hydroxylation is 1. The normalized spacial score (nSPS) is 24.2. The molecule has 6 rings (SSSR count). The van der Waals surface area contributed by atoms with Gasteiger partial charge in [0, 0.05) is 11.7 Å². The average molecular weight is 703 g/mol. The highest BCUT2D eigenvalue weighted by Crippen LogP contribution is 2.48. The second kappa shape index (κ2) is 17.7. The summed E-state index contributed by atoms with van der Waals surface area (Å²) in [5, 5.41) is 6.28. The van der Waals surface area contributed by atoms with Gasteiger partial charge in [-0.1, -0.05) is 59.1 Å². The largest absolute Gasteiger partial charge is 0.496 e. The van der Waals surface area contributed by atoms with Crippen molar-refractivity contribution < 1.29 is 31.9 Å². The first-order valence-corrected chi connectivity index (χ1v) is 18.3. The third-order valence-electron chi connectivity index (χ3n) is 10.4. The number of thiazole rings is 1. The van der Waals surface area contributed by atoms with E-state index >= 15 is 0 Å². The van der Waals surface area contributed by atoms with Crippen molar-refractivity contribution in [1.29, 1.82) is 0 Å². The maximum Gasteiger partial charge on any atom is 0.419 e. The van der Waals surface area contributed by atoms with Crippen LogP contribution in [0.3, 0.4) is 0 Å². The van der Waals surface area contributed by atoms with Gasteiger partial charge in [0.2, 0.25) is 6.41 Å². The number of carbonyl (C=O) groups is 2. The molecular weight excluding hydrogens is 653 g/mol. The van der Waals surface area contributed by atoms with E-state index in [-0.39, 0.29) is 18.0 Å². The van der Waals surface area contributed by atoms with E-state index in [0.717, 1.165) is 39.0 Å². The minimum Gasteiger partial charge on any atom is -0.496 e. The molecule has 2 aromatic carbocycles. The first-order valence-electron chi connectivity index (χ1n) is 17.5. The number of rotatable bonds is 9. The van der Waals surface area contributed by atoms with Gasteiger partial charge >= 0.3 is 6.18 Å². The summed E-state index contributed by atoms with van der Waals surface area (Å²) in [6.45, 7) is 8.88. The molecule has 2 amide bonds. The lowest BCUT2D eigenvalue weighted by Gasteiger charge is -2.29. The molecule has 49 heavy (non-hydrogen) atoms. The number of aromatic nitrogens is 1. The van der Waals surface area contributed by atoms with E-state index in [2.05, 4.69) is 38.4 Å². The van der Waals surface area contributed by atoms with Crippen molar-refractivity contribution >= 4 is 46.8 Å². The Morgan fingerprint density at radius 3 is 2.47 bits per heavy atom. The molecule has 2 heterocycles. The molecule has 1 saturated heterocycles. The fourth-order valence-corrected chi connectivity index (χ4v) is 8.67. The van der Waals surface area contributed by atoms with Gasteiger partial charge in [0.25, 0.3) is 5.91 Å². The number of nitrogens with one attached hydrogen (secondary N) is 2. The molecule has 6 atom stereocenters. The van der Waals surface area contributed by atoms with Gasteiger partial charge in [0.1, 0.15) is 24.4 Å². The number of fused-ring (bicyclic) bond motifs is 3. The van der Waals surface area contributed by atoms with Crippen LogP contribution in [0.2, 0.25) is 12.6 Å². The number of benzene rings is 2. The Balaban J connectivity index is 0.000000179. The molecule has 3 aliphatic rings. The van der Waals surface area contributed by atoms with Crippen LogP contribution in [0, 0.1) is 42.3 Å². The Bertz CT molecular complexity index is 1550. The Morgan fingerprint density at radius 2 is 1.84 bits per heavy atom. The number of amides is 2. The third-order valence-corrected chi connectivity index (χ3v) is 11.4. The first-order chi connectivity index (χ1) is 23.4. The molecule has 2 bridgehead atoms. The van der Waals surface area contributed by atoms with Crippen LogP contribution in [-0.2, 0) is 11.0 Å². The number of unbranched alkanes of at least 4 members (excludes halogenated alkanes) is 1. The lowest BCUT2D eigenvalue weighted by atomic mass is 9.55. The van der Waals surface area contributed by atoms with Crippen LogP contribution in [0.1, 0.15) is 93.1 Å². The summed E-state index contributed by atoms with van der Waals surface area (Å²) < 4.78 is 55.4. The molecular formula is C37H49BF4N3O3S. The second-order valence-corrected chi connectivity index (χ2v) is 14.9. The number of halogens is 4. The molecule has 12 heteroatoms. The van der Waals surface area contributed by atoms with Crippen LogP contribution in [0.5, 0.6) is 5.75 Å². The molecule has 0 spiro atoms. The monoisotopic (exact) mass is 702 g/mol. The Hall–Kier alpha value is -3.15. The molecule has 2 aliphatic carbocycles. The van der Waals surface area contributed by atoms with Crippen molar-refractivity contribution in [2.24, 2.45) is 29.6 Å². The van der Waals surface area contributed by atoms with E-state index in [1.165, 1.54) is 64.0 Å². The van der Waals surface area contributed by atoms with Crippen LogP contribution in [0.4, 0.5) is 23.2 Å². The predicted molar refractivity (Wildman–Crippen MR) is 190 cm³/mol. The van der Waals surface area contributed by atoms with Gasteiger partial charge in [-0.3, -0.25) is 9.59 Å². The van der Waals surface area contributed by atoms with Crippen molar-refractivity contribution in [2.45, 2.75) is 104 Å². The summed E-state index contributed by atoms with van der Waals surface area (Å²) in [4.78, 5) is 27.4. The summed E-state index contributed by atoms with van der Waals surface area (Å²) in [5.41, 5.74) is 0.0167. The zero-order valence-corrected chi connectivity index (χ0v) is 30.0. The van der Waals surface area contributed by atoms with Crippen LogP contribution >= 0.6 is 11.3 Å². The number of methoxy groups -OCH3 is 1. The zero-order valence-electron chi connectivity index (χ0n) is 29.2. The minimum atomic E-state index is -4.76. The highest BCUT2D eigenvalue weighted by atomic mass is 32.1. The van der Waals surface area contributed by atoms with Gasteiger partial charge in [-0.25, -0.2) is 9.37 Å². The minimum absolute atomic E-state index is 0.0134. The van der Waals surface area contributed by atoms with E-state index in [1.807, 2.05) is 24.4 Å². The van der Waals surface area contributed by atoms with Gasteiger partial charge in [-0.15, -0.1) is 11.3 Å². The highest BCUT2D eigenvalue weighted by molar-refractivity contribution is 7.19. The van der Waals surface area contributed by atoms with Gasteiger partial charge < -0.3 is 15.4 Å². The van der Waals surface area contributed by atoms with E-state index in [9.17, 15) is 27.2 Å². The summed E-state index contributed by atoms with van der Waals surface area (Å²) >= 11 is 1.56. The van der Waals surface area contributed by atoms with E-state index in [0.29, 0.717) is 41.3 Å². The number of ether oxygens (including phenoxy) is 1. The molecule has 1 aromatic heterocycles.